The Labute approximate surface area is 166 Å². The van der Waals surface area contributed by atoms with Gasteiger partial charge in [-0.2, -0.15) is 0 Å². The van der Waals surface area contributed by atoms with Gasteiger partial charge in [-0.05, 0) is 42.5 Å². The van der Waals surface area contributed by atoms with Crippen molar-refractivity contribution in [3.63, 3.8) is 0 Å². The predicted octanol–water partition coefficient (Wildman–Crippen LogP) is 4.00. The lowest BCUT2D eigenvalue weighted by atomic mass is 10.2. The van der Waals surface area contributed by atoms with E-state index in [0.29, 0.717) is 28.7 Å². The molecule has 0 aromatic heterocycles. The summed E-state index contributed by atoms with van der Waals surface area (Å²) >= 11 is 0. The first-order valence-corrected chi connectivity index (χ1v) is 8.87. The van der Waals surface area contributed by atoms with E-state index in [9.17, 15) is 9.59 Å². The van der Waals surface area contributed by atoms with Crippen LogP contribution in [-0.2, 0) is 9.53 Å². The molecule has 3 aromatic carbocycles. The smallest absolute Gasteiger partial charge is 0.338 e. The number of carbonyl (C=O) groups excluding carboxylic acids is 2. The molecule has 0 bridgehead atoms. The van der Waals surface area contributed by atoms with Crippen LogP contribution >= 0.6 is 0 Å². The molecule has 0 fully saturated rings. The van der Waals surface area contributed by atoms with E-state index in [2.05, 4.69) is 5.32 Å². The standard InChI is InChI=1S/C22H17NO6/c24-21(13-26-22(25)15-9-10-19-20(11-15)28-14-27-19)23-16-5-4-8-18(12-16)29-17-6-2-1-3-7-17/h1-12H,13-14H2,(H,23,24). The molecule has 0 atom stereocenters. The number of fused-ring (bicyclic) bond motifs is 1. The van der Waals surface area contributed by atoms with Gasteiger partial charge in [0.15, 0.2) is 18.1 Å². The Hall–Kier alpha value is -4.00. The van der Waals surface area contributed by atoms with Crippen molar-refractivity contribution in [2.24, 2.45) is 0 Å². The lowest BCUT2D eigenvalue weighted by Gasteiger charge is -2.09. The molecule has 0 spiro atoms. The van der Waals surface area contributed by atoms with Crippen LogP contribution in [0.25, 0.3) is 0 Å². The van der Waals surface area contributed by atoms with E-state index >= 15 is 0 Å². The number of benzene rings is 3. The number of ether oxygens (including phenoxy) is 4. The minimum absolute atomic E-state index is 0.114. The first kappa shape index (κ1) is 18.4. The number of hydrogen-bond donors (Lipinski definition) is 1. The molecule has 1 amide bonds. The van der Waals surface area contributed by atoms with Gasteiger partial charge < -0.3 is 24.3 Å². The summed E-state index contributed by atoms with van der Waals surface area (Å²) in [6, 6.07) is 20.9. The number of nitrogens with one attached hydrogen (secondary N) is 1. The fraction of sp³-hybridized carbons (Fsp3) is 0.0909. The quantitative estimate of drug-likeness (QED) is 0.640. The molecule has 1 N–H and O–H groups in total. The van der Waals surface area contributed by atoms with E-state index in [1.807, 2.05) is 30.3 Å². The summed E-state index contributed by atoms with van der Waals surface area (Å²) in [4.78, 5) is 24.3. The molecule has 1 aliphatic heterocycles. The molecule has 0 saturated carbocycles. The molecule has 1 aliphatic rings. The highest BCUT2D eigenvalue weighted by Gasteiger charge is 2.17. The highest BCUT2D eigenvalue weighted by molar-refractivity contribution is 5.95. The maximum Gasteiger partial charge on any atom is 0.338 e. The predicted molar refractivity (Wildman–Crippen MR) is 104 cm³/mol. The maximum absolute atomic E-state index is 12.1. The monoisotopic (exact) mass is 391 g/mol. The van der Waals surface area contributed by atoms with Gasteiger partial charge in [-0.3, -0.25) is 4.79 Å². The van der Waals surface area contributed by atoms with Gasteiger partial charge in [-0.25, -0.2) is 4.79 Å². The van der Waals surface area contributed by atoms with Crippen molar-refractivity contribution < 1.29 is 28.5 Å². The third-order valence-electron chi connectivity index (χ3n) is 4.04. The first-order chi connectivity index (χ1) is 14.2. The van der Waals surface area contributed by atoms with Crippen molar-refractivity contribution in [2.75, 3.05) is 18.7 Å². The van der Waals surface area contributed by atoms with E-state index in [1.54, 1.807) is 36.4 Å². The van der Waals surface area contributed by atoms with E-state index in [-0.39, 0.29) is 12.4 Å². The van der Waals surface area contributed by atoms with Crippen LogP contribution in [0.1, 0.15) is 10.4 Å². The fourth-order valence-corrected chi connectivity index (χ4v) is 2.70. The van der Waals surface area contributed by atoms with E-state index < -0.39 is 18.5 Å². The van der Waals surface area contributed by atoms with Gasteiger partial charge in [0, 0.05) is 11.8 Å². The summed E-state index contributed by atoms with van der Waals surface area (Å²) in [5.41, 5.74) is 0.808. The lowest BCUT2D eigenvalue weighted by Crippen LogP contribution is -2.20. The van der Waals surface area contributed by atoms with Crippen LogP contribution in [0.2, 0.25) is 0 Å². The van der Waals surface area contributed by atoms with Crippen LogP contribution < -0.4 is 19.5 Å². The Morgan fingerprint density at radius 3 is 2.52 bits per heavy atom. The number of esters is 1. The Kier molecular flexibility index (Phi) is 5.29. The van der Waals surface area contributed by atoms with Crippen LogP contribution in [0, 0.1) is 0 Å². The lowest BCUT2D eigenvalue weighted by molar-refractivity contribution is -0.119. The Balaban J connectivity index is 1.31. The van der Waals surface area contributed by atoms with Crippen molar-refractivity contribution in [3.8, 4) is 23.0 Å². The third-order valence-corrected chi connectivity index (χ3v) is 4.04. The zero-order valence-corrected chi connectivity index (χ0v) is 15.3. The second-order valence-electron chi connectivity index (χ2n) is 6.14. The second-order valence-corrected chi connectivity index (χ2v) is 6.14. The van der Waals surface area contributed by atoms with Crippen molar-refractivity contribution >= 4 is 17.6 Å². The maximum atomic E-state index is 12.1. The summed E-state index contributed by atoms with van der Waals surface area (Å²) in [6.07, 6.45) is 0. The summed E-state index contributed by atoms with van der Waals surface area (Å²) in [7, 11) is 0. The highest BCUT2D eigenvalue weighted by atomic mass is 16.7. The van der Waals surface area contributed by atoms with Crippen molar-refractivity contribution in [2.45, 2.75) is 0 Å². The van der Waals surface area contributed by atoms with Crippen molar-refractivity contribution in [1.29, 1.82) is 0 Å². The van der Waals surface area contributed by atoms with E-state index in [0.717, 1.165) is 0 Å². The molecule has 0 radical (unpaired) electrons. The van der Waals surface area contributed by atoms with Gasteiger partial charge in [0.1, 0.15) is 11.5 Å². The Morgan fingerprint density at radius 2 is 1.66 bits per heavy atom. The molecular formula is C22H17NO6. The van der Waals surface area contributed by atoms with Crippen LogP contribution in [0.15, 0.2) is 72.8 Å². The summed E-state index contributed by atoms with van der Waals surface area (Å²) in [5.74, 6) is 1.21. The van der Waals surface area contributed by atoms with Gasteiger partial charge >= 0.3 is 5.97 Å². The first-order valence-electron chi connectivity index (χ1n) is 8.87. The molecule has 3 aromatic rings. The van der Waals surface area contributed by atoms with Crippen LogP contribution in [0.3, 0.4) is 0 Å². The fourth-order valence-electron chi connectivity index (χ4n) is 2.70. The zero-order valence-electron chi connectivity index (χ0n) is 15.3. The SMILES string of the molecule is O=C(COC(=O)c1ccc2c(c1)OCO2)Nc1cccc(Oc2ccccc2)c1. The largest absolute Gasteiger partial charge is 0.457 e. The molecule has 29 heavy (non-hydrogen) atoms. The zero-order chi connectivity index (χ0) is 20.1. The minimum atomic E-state index is -0.625. The number of hydrogen-bond acceptors (Lipinski definition) is 6. The number of carbonyl (C=O) groups is 2. The average Bonchev–Trinajstić information content (AvgIpc) is 3.21. The minimum Gasteiger partial charge on any atom is -0.457 e. The highest BCUT2D eigenvalue weighted by Crippen LogP contribution is 2.32. The van der Waals surface area contributed by atoms with Gasteiger partial charge in [0.25, 0.3) is 5.91 Å². The van der Waals surface area contributed by atoms with E-state index in [1.165, 1.54) is 6.07 Å². The Morgan fingerprint density at radius 1 is 0.862 bits per heavy atom. The molecule has 7 nitrogen and oxygen atoms in total. The number of amides is 1. The number of para-hydroxylation sites is 1. The molecule has 0 unspecified atom stereocenters. The van der Waals surface area contributed by atoms with Crippen molar-refractivity contribution in [3.05, 3.63) is 78.4 Å². The van der Waals surface area contributed by atoms with Gasteiger partial charge in [-0.1, -0.05) is 24.3 Å². The van der Waals surface area contributed by atoms with Crippen molar-refractivity contribution in [1.82, 2.24) is 0 Å². The summed E-state index contributed by atoms with van der Waals surface area (Å²) < 4.78 is 21.2. The number of rotatable bonds is 6. The second kappa shape index (κ2) is 8.35. The molecule has 1 heterocycles. The van der Waals surface area contributed by atoms with Crippen LogP contribution in [0.5, 0.6) is 23.0 Å². The molecule has 7 heteroatoms. The third kappa shape index (κ3) is 4.65. The normalized spacial score (nSPS) is 11.6. The van der Waals surface area contributed by atoms with E-state index in [4.69, 9.17) is 18.9 Å². The number of anilines is 1. The van der Waals surface area contributed by atoms with Gasteiger partial charge in [-0.15, -0.1) is 0 Å². The Bertz CT molecular complexity index is 1030. The molecule has 4 rings (SSSR count). The molecule has 0 saturated heterocycles. The topological polar surface area (TPSA) is 83.1 Å². The average molecular weight is 391 g/mol. The van der Waals surface area contributed by atoms with Gasteiger partial charge in [0.05, 0.1) is 5.56 Å². The molecular weight excluding hydrogens is 374 g/mol. The molecule has 0 aliphatic carbocycles. The molecule has 146 valence electrons. The van der Waals surface area contributed by atoms with Crippen LogP contribution in [0.4, 0.5) is 5.69 Å². The summed E-state index contributed by atoms with van der Waals surface area (Å²) in [5, 5.41) is 2.68. The summed E-state index contributed by atoms with van der Waals surface area (Å²) in [6.45, 7) is -0.305. The van der Waals surface area contributed by atoms with Gasteiger partial charge in [0.2, 0.25) is 6.79 Å². The van der Waals surface area contributed by atoms with Crippen LogP contribution in [-0.4, -0.2) is 25.3 Å².